The van der Waals surface area contributed by atoms with E-state index in [0.29, 0.717) is 13.1 Å². The highest BCUT2D eigenvalue weighted by Gasteiger charge is 2.24. The fourth-order valence-corrected chi connectivity index (χ4v) is 2.33. The Morgan fingerprint density at radius 3 is 2.67 bits per heavy atom. The van der Waals surface area contributed by atoms with E-state index in [-0.39, 0.29) is 17.6 Å². The first kappa shape index (κ1) is 12.4. The van der Waals surface area contributed by atoms with Crippen molar-refractivity contribution >= 4 is 15.9 Å². The molecule has 0 saturated carbocycles. The van der Waals surface area contributed by atoms with E-state index in [0.717, 1.165) is 13.0 Å². The molecule has 1 heterocycles. The topological polar surface area (TPSA) is 66.5 Å². The third kappa shape index (κ3) is 3.79. The molecule has 6 heteroatoms. The second-order valence-electron chi connectivity index (χ2n) is 3.87. The Hall–Kier alpha value is -0.620. The van der Waals surface area contributed by atoms with Gasteiger partial charge >= 0.3 is 0 Å². The summed E-state index contributed by atoms with van der Waals surface area (Å²) in [6, 6.07) is 0. The Morgan fingerprint density at radius 1 is 1.53 bits per heavy atom. The first-order valence-corrected chi connectivity index (χ1v) is 6.82. The van der Waals surface area contributed by atoms with Gasteiger partial charge in [0.1, 0.15) is 0 Å². The van der Waals surface area contributed by atoms with E-state index in [2.05, 4.69) is 4.72 Å². The molecule has 1 saturated heterocycles. The minimum atomic E-state index is -3.10. The van der Waals surface area contributed by atoms with Gasteiger partial charge in [0.15, 0.2) is 0 Å². The average molecular weight is 234 g/mol. The zero-order valence-corrected chi connectivity index (χ0v) is 10.0. The van der Waals surface area contributed by atoms with E-state index >= 15 is 0 Å². The van der Waals surface area contributed by atoms with Crippen LogP contribution in [-0.2, 0) is 14.8 Å². The van der Waals surface area contributed by atoms with Gasteiger partial charge in [0.2, 0.25) is 15.9 Å². The maximum atomic E-state index is 11.2. The first-order chi connectivity index (χ1) is 6.94. The molecule has 1 N–H and O–H groups in total. The monoisotopic (exact) mass is 234 g/mol. The summed E-state index contributed by atoms with van der Waals surface area (Å²) in [5.74, 6) is 0.432. The highest BCUT2D eigenvalue weighted by molar-refractivity contribution is 7.89. The zero-order valence-electron chi connectivity index (χ0n) is 9.19. The van der Waals surface area contributed by atoms with Crippen LogP contribution < -0.4 is 4.72 Å². The van der Waals surface area contributed by atoms with Crippen LogP contribution in [0.1, 0.15) is 20.3 Å². The molecule has 1 atom stereocenters. The second-order valence-corrected chi connectivity index (χ2v) is 5.97. The van der Waals surface area contributed by atoms with Gasteiger partial charge in [-0.15, -0.1) is 0 Å². The molecule has 0 aromatic heterocycles. The molecule has 0 aromatic carbocycles. The van der Waals surface area contributed by atoms with Crippen LogP contribution in [0, 0.1) is 5.92 Å². The summed E-state index contributed by atoms with van der Waals surface area (Å²) in [5.41, 5.74) is 0. The largest absolute Gasteiger partial charge is 0.343 e. The molecular formula is C9H18N2O3S. The lowest BCUT2D eigenvalue weighted by molar-refractivity contribution is -0.127. The number of sulfonamides is 1. The number of carbonyl (C=O) groups is 1. The van der Waals surface area contributed by atoms with Crippen molar-refractivity contribution in [1.82, 2.24) is 9.62 Å². The van der Waals surface area contributed by atoms with Gasteiger partial charge in [-0.3, -0.25) is 4.79 Å². The van der Waals surface area contributed by atoms with Gasteiger partial charge in [-0.25, -0.2) is 13.1 Å². The lowest BCUT2D eigenvalue weighted by atomic mass is 10.1. The molecule has 1 aliphatic rings. The molecule has 0 aromatic rings. The molecule has 1 rings (SSSR count). The van der Waals surface area contributed by atoms with Crippen molar-refractivity contribution in [1.29, 1.82) is 0 Å². The van der Waals surface area contributed by atoms with Gasteiger partial charge in [0.25, 0.3) is 0 Å². The third-order valence-electron chi connectivity index (χ3n) is 2.70. The Bertz CT molecular complexity index is 326. The third-order valence-corrected chi connectivity index (χ3v) is 4.07. The Balaban J connectivity index is 2.34. The number of hydrogen-bond acceptors (Lipinski definition) is 3. The van der Waals surface area contributed by atoms with E-state index in [4.69, 9.17) is 0 Å². The van der Waals surface area contributed by atoms with Gasteiger partial charge < -0.3 is 4.90 Å². The Kier molecular flexibility index (Phi) is 4.10. The zero-order chi connectivity index (χ0) is 11.5. The summed E-state index contributed by atoms with van der Waals surface area (Å²) in [6.45, 7) is 5.01. The van der Waals surface area contributed by atoms with E-state index in [9.17, 15) is 13.2 Å². The second kappa shape index (κ2) is 4.94. The molecule has 0 radical (unpaired) electrons. The maximum absolute atomic E-state index is 11.2. The van der Waals surface area contributed by atoms with Gasteiger partial charge in [0.05, 0.1) is 5.75 Å². The summed E-state index contributed by atoms with van der Waals surface area (Å²) in [6.07, 6.45) is 0.881. The Labute approximate surface area is 90.9 Å². The average Bonchev–Trinajstić information content (AvgIpc) is 2.63. The molecular weight excluding hydrogens is 216 g/mol. The van der Waals surface area contributed by atoms with Crippen molar-refractivity contribution in [2.75, 3.05) is 25.4 Å². The highest BCUT2D eigenvalue weighted by Crippen LogP contribution is 2.15. The van der Waals surface area contributed by atoms with Crippen molar-refractivity contribution in [3.63, 3.8) is 0 Å². The molecule has 0 spiro atoms. The fraction of sp³-hybridized carbons (Fsp3) is 0.889. The van der Waals surface area contributed by atoms with Gasteiger partial charge in [-0.2, -0.15) is 0 Å². The van der Waals surface area contributed by atoms with Crippen LogP contribution in [0.3, 0.4) is 0 Å². The molecule has 1 aliphatic heterocycles. The van der Waals surface area contributed by atoms with Crippen molar-refractivity contribution in [2.24, 2.45) is 5.92 Å². The molecule has 0 aliphatic carbocycles. The highest BCUT2D eigenvalue weighted by atomic mass is 32.2. The van der Waals surface area contributed by atoms with E-state index in [1.54, 1.807) is 18.7 Å². The summed E-state index contributed by atoms with van der Waals surface area (Å²) in [7, 11) is -3.10. The summed E-state index contributed by atoms with van der Waals surface area (Å²) in [4.78, 5) is 12.8. The maximum Gasteiger partial charge on any atom is 0.219 e. The molecule has 1 fully saturated rings. The number of rotatable bonds is 4. The van der Waals surface area contributed by atoms with Crippen LogP contribution >= 0.6 is 0 Å². The predicted octanol–water partition coefficient (Wildman–Crippen LogP) is -0.206. The van der Waals surface area contributed by atoms with Gasteiger partial charge in [-0.1, -0.05) is 0 Å². The molecule has 88 valence electrons. The SMILES string of the molecule is CCS(=O)(=O)NC[C@H]1CCN(C(C)=O)C1. The summed E-state index contributed by atoms with van der Waals surface area (Å²) < 4.78 is 24.9. The minimum absolute atomic E-state index is 0.0656. The molecule has 0 bridgehead atoms. The van der Waals surface area contributed by atoms with Crippen molar-refractivity contribution in [3.8, 4) is 0 Å². The summed E-state index contributed by atoms with van der Waals surface area (Å²) >= 11 is 0. The number of amides is 1. The van der Waals surface area contributed by atoms with Crippen molar-refractivity contribution in [2.45, 2.75) is 20.3 Å². The van der Waals surface area contributed by atoms with E-state index < -0.39 is 10.0 Å². The number of nitrogens with one attached hydrogen (secondary N) is 1. The molecule has 15 heavy (non-hydrogen) atoms. The summed E-state index contributed by atoms with van der Waals surface area (Å²) in [5, 5.41) is 0. The number of likely N-dealkylation sites (tertiary alicyclic amines) is 1. The number of nitrogens with zero attached hydrogens (tertiary/aromatic N) is 1. The minimum Gasteiger partial charge on any atom is -0.343 e. The van der Waals surface area contributed by atoms with E-state index in [1.165, 1.54) is 0 Å². The standard InChI is InChI=1S/C9H18N2O3S/c1-3-15(13,14)10-6-9-4-5-11(7-9)8(2)12/h9-10H,3-7H2,1-2H3/t9-/m1/s1. The van der Waals surface area contributed by atoms with Crippen LogP contribution in [0.25, 0.3) is 0 Å². The Morgan fingerprint density at radius 2 is 2.20 bits per heavy atom. The number of carbonyl (C=O) groups excluding carboxylic acids is 1. The van der Waals surface area contributed by atoms with Crippen LogP contribution in [0.5, 0.6) is 0 Å². The number of hydrogen-bond donors (Lipinski definition) is 1. The van der Waals surface area contributed by atoms with Crippen LogP contribution in [0.2, 0.25) is 0 Å². The van der Waals surface area contributed by atoms with Crippen molar-refractivity contribution < 1.29 is 13.2 Å². The van der Waals surface area contributed by atoms with Gasteiger partial charge in [-0.05, 0) is 19.3 Å². The van der Waals surface area contributed by atoms with Crippen LogP contribution in [-0.4, -0.2) is 44.6 Å². The smallest absolute Gasteiger partial charge is 0.219 e. The molecule has 1 amide bonds. The predicted molar refractivity (Wildman–Crippen MR) is 57.8 cm³/mol. The molecule has 5 nitrogen and oxygen atoms in total. The lowest BCUT2D eigenvalue weighted by Gasteiger charge is -2.14. The van der Waals surface area contributed by atoms with Gasteiger partial charge in [0, 0.05) is 26.6 Å². The van der Waals surface area contributed by atoms with Crippen molar-refractivity contribution in [3.05, 3.63) is 0 Å². The fourth-order valence-electron chi connectivity index (χ4n) is 1.63. The lowest BCUT2D eigenvalue weighted by Crippen LogP contribution is -2.32. The normalized spacial score (nSPS) is 22.0. The first-order valence-electron chi connectivity index (χ1n) is 5.17. The molecule has 0 unspecified atom stereocenters. The quantitative estimate of drug-likeness (QED) is 0.732. The van der Waals surface area contributed by atoms with E-state index in [1.807, 2.05) is 0 Å². The van der Waals surface area contributed by atoms with Crippen LogP contribution in [0.4, 0.5) is 0 Å². The van der Waals surface area contributed by atoms with Crippen LogP contribution in [0.15, 0.2) is 0 Å².